The Balaban J connectivity index is 2.14. The summed E-state index contributed by atoms with van der Waals surface area (Å²) in [5.41, 5.74) is 0.880. The Kier molecular flexibility index (Phi) is 5.48. The number of hydrogen-bond donors (Lipinski definition) is 1. The largest absolute Gasteiger partial charge is 0.497 e. The minimum absolute atomic E-state index is 0.137. The summed E-state index contributed by atoms with van der Waals surface area (Å²) in [6.45, 7) is 0.0913. The highest BCUT2D eigenvalue weighted by Gasteiger charge is 2.43. The van der Waals surface area contributed by atoms with Crippen molar-refractivity contribution in [3.63, 3.8) is 0 Å². The molecule has 0 saturated heterocycles. The number of ether oxygens (including phenoxy) is 2. The molecule has 142 valence electrons. The van der Waals surface area contributed by atoms with E-state index in [1.807, 2.05) is 11.4 Å². The first kappa shape index (κ1) is 18.9. The second-order valence-corrected chi connectivity index (χ2v) is 6.78. The number of carbonyl (C=O) groups is 2. The van der Waals surface area contributed by atoms with E-state index < -0.39 is 11.8 Å². The van der Waals surface area contributed by atoms with E-state index in [1.54, 1.807) is 36.2 Å². The lowest BCUT2D eigenvalue weighted by Gasteiger charge is -2.21. The molecule has 8 heteroatoms. The molecular formula is C19H20N2O5S. The maximum Gasteiger partial charge on any atom is 0.282 e. The van der Waals surface area contributed by atoms with Crippen LogP contribution in [0.3, 0.4) is 0 Å². The number of anilines is 1. The van der Waals surface area contributed by atoms with Crippen LogP contribution in [0.2, 0.25) is 0 Å². The summed E-state index contributed by atoms with van der Waals surface area (Å²) in [6, 6.07) is 8.55. The first-order valence-electron chi connectivity index (χ1n) is 8.24. The monoisotopic (exact) mass is 388 g/mol. The smallest absolute Gasteiger partial charge is 0.282 e. The maximum absolute atomic E-state index is 13.3. The molecule has 2 amide bonds. The molecule has 1 aliphatic heterocycles. The third-order valence-electron chi connectivity index (χ3n) is 4.27. The van der Waals surface area contributed by atoms with Crippen LogP contribution in [-0.2, 0) is 9.59 Å². The van der Waals surface area contributed by atoms with Crippen molar-refractivity contribution in [1.29, 1.82) is 0 Å². The lowest BCUT2D eigenvalue weighted by molar-refractivity contribution is -0.120. The van der Waals surface area contributed by atoms with Crippen LogP contribution in [0.25, 0.3) is 5.57 Å². The quantitative estimate of drug-likeness (QED) is 0.731. The molecule has 1 aliphatic rings. The van der Waals surface area contributed by atoms with E-state index >= 15 is 0 Å². The molecule has 0 spiro atoms. The zero-order valence-corrected chi connectivity index (χ0v) is 16.1. The van der Waals surface area contributed by atoms with E-state index in [2.05, 4.69) is 0 Å². The summed E-state index contributed by atoms with van der Waals surface area (Å²) in [7, 11) is 4.66. The fraction of sp³-hybridized carbons (Fsp3) is 0.263. The Morgan fingerprint density at radius 1 is 1.15 bits per heavy atom. The number of aliphatic hydroxyl groups is 1. The lowest BCUT2D eigenvalue weighted by atomic mass is 10.1. The van der Waals surface area contributed by atoms with Gasteiger partial charge in [-0.1, -0.05) is 6.07 Å². The second kappa shape index (κ2) is 7.81. The third kappa shape index (κ3) is 3.29. The molecule has 3 rings (SSSR count). The van der Waals surface area contributed by atoms with E-state index in [0.717, 1.165) is 4.90 Å². The molecule has 7 nitrogen and oxygen atoms in total. The number of hydrogen-bond acceptors (Lipinski definition) is 7. The summed E-state index contributed by atoms with van der Waals surface area (Å²) < 4.78 is 10.6. The average Bonchev–Trinajstić information content (AvgIpc) is 3.27. The van der Waals surface area contributed by atoms with E-state index in [9.17, 15) is 14.7 Å². The predicted molar refractivity (Wildman–Crippen MR) is 103 cm³/mol. The molecule has 27 heavy (non-hydrogen) atoms. The van der Waals surface area contributed by atoms with Crippen LogP contribution < -0.4 is 14.4 Å². The molecule has 2 aromatic rings. The standard InChI is InChI=1S/C19H20N2O5S/c1-20(8-9-22)17-16(15-5-4-10-27-15)18(23)21(19(17)24)13-11-12(25-2)6-7-14(13)26-3/h4-7,10-11,22H,8-9H2,1-3H3. The van der Waals surface area contributed by atoms with Gasteiger partial charge in [0.1, 0.15) is 17.2 Å². The van der Waals surface area contributed by atoms with Crippen molar-refractivity contribution in [3.8, 4) is 11.5 Å². The molecule has 2 heterocycles. The minimum atomic E-state index is -0.467. The maximum atomic E-state index is 13.3. The van der Waals surface area contributed by atoms with Crippen LogP contribution in [0.5, 0.6) is 11.5 Å². The molecule has 0 fully saturated rings. The third-order valence-corrected chi connectivity index (χ3v) is 5.16. The Bertz CT molecular complexity index is 892. The van der Waals surface area contributed by atoms with Gasteiger partial charge in [-0.25, -0.2) is 4.90 Å². The SMILES string of the molecule is COc1ccc(OC)c(N2C(=O)C(c3cccs3)=C(N(C)CCO)C2=O)c1. The van der Waals surface area contributed by atoms with Crippen LogP contribution >= 0.6 is 11.3 Å². The van der Waals surface area contributed by atoms with Crippen molar-refractivity contribution < 1.29 is 24.2 Å². The Labute approximate surface area is 161 Å². The van der Waals surface area contributed by atoms with Gasteiger partial charge in [-0.15, -0.1) is 11.3 Å². The van der Waals surface area contributed by atoms with Gasteiger partial charge in [-0.05, 0) is 23.6 Å². The summed E-state index contributed by atoms with van der Waals surface area (Å²) in [4.78, 5) is 29.9. The molecule has 0 bridgehead atoms. The fourth-order valence-electron chi connectivity index (χ4n) is 2.97. The Morgan fingerprint density at radius 2 is 1.93 bits per heavy atom. The number of imide groups is 1. The highest BCUT2D eigenvalue weighted by molar-refractivity contribution is 7.11. The molecule has 0 aliphatic carbocycles. The molecule has 1 aromatic carbocycles. The van der Waals surface area contributed by atoms with Crippen LogP contribution in [0.1, 0.15) is 4.88 Å². The molecule has 1 N–H and O–H groups in total. The zero-order valence-electron chi connectivity index (χ0n) is 15.3. The van der Waals surface area contributed by atoms with Crippen molar-refractivity contribution in [1.82, 2.24) is 4.90 Å². The van der Waals surface area contributed by atoms with Crippen molar-refractivity contribution >= 4 is 34.4 Å². The van der Waals surface area contributed by atoms with E-state index in [4.69, 9.17) is 9.47 Å². The van der Waals surface area contributed by atoms with Gasteiger partial charge in [0.15, 0.2) is 0 Å². The van der Waals surface area contributed by atoms with Gasteiger partial charge in [-0.2, -0.15) is 0 Å². The van der Waals surface area contributed by atoms with Crippen LogP contribution in [0.4, 0.5) is 5.69 Å². The summed E-state index contributed by atoms with van der Waals surface area (Å²) in [5, 5.41) is 11.1. The number of amides is 2. The lowest BCUT2D eigenvalue weighted by Crippen LogP contribution is -2.35. The average molecular weight is 388 g/mol. The first-order chi connectivity index (χ1) is 13.0. The summed E-state index contributed by atoms with van der Waals surface area (Å²) in [6.07, 6.45) is 0. The summed E-state index contributed by atoms with van der Waals surface area (Å²) in [5.74, 6) is -0.0185. The fourth-order valence-corrected chi connectivity index (χ4v) is 3.73. The Hall–Kier alpha value is -2.84. The van der Waals surface area contributed by atoms with Crippen LogP contribution in [0, 0.1) is 0 Å². The Morgan fingerprint density at radius 3 is 2.52 bits per heavy atom. The van der Waals surface area contributed by atoms with E-state index in [1.165, 1.54) is 25.6 Å². The predicted octanol–water partition coefficient (Wildman–Crippen LogP) is 1.97. The number of thiophene rings is 1. The second-order valence-electron chi connectivity index (χ2n) is 5.83. The number of carbonyl (C=O) groups excluding carboxylic acids is 2. The van der Waals surface area contributed by atoms with Crippen molar-refractivity contribution in [3.05, 3.63) is 46.3 Å². The van der Waals surface area contributed by atoms with Gasteiger partial charge in [0, 0.05) is 24.5 Å². The molecule has 0 saturated carbocycles. The topological polar surface area (TPSA) is 79.3 Å². The van der Waals surface area contributed by atoms with Crippen LogP contribution in [0.15, 0.2) is 41.4 Å². The zero-order chi connectivity index (χ0) is 19.6. The van der Waals surface area contributed by atoms with Gasteiger partial charge in [0.2, 0.25) is 0 Å². The van der Waals surface area contributed by atoms with Gasteiger partial charge in [-0.3, -0.25) is 9.59 Å². The molecule has 0 atom stereocenters. The van der Waals surface area contributed by atoms with Gasteiger partial charge < -0.3 is 19.5 Å². The minimum Gasteiger partial charge on any atom is -0.497 e. The number of rotatable bonds is 7. The van der Waals surface area contributed by atoms with E-state index in [0.29, 0.717) is 27.6 Å². The molecule has 0 unspecified atom stereocenters. The molecule has 1 aromatic heterocycles. The van der Waals surface area contributed by atoms with Crippen LogP contribution in [-0.4, -0.2) is 56.2 Å². The normalized spacial score (nSPS) is 14.1. The number of aliphatic hydroxyl groups excluding tert-OH is 1. The molecular weight excluding hydrogens is 368 g/mol. The summed E-state index contributed by atoms with van der Waals surface area (Å²) >= 11 is 1.38. The van der Waals surface area contributed by atoms with E-state index in [-0.39, 0.29) is 18.8 Å². The van der Waals surface area contributed by atoms with Crippen molar-refractivity contribution in [2.45, 2.75) is 0 Å². The number of nitrogens with zero attached hydrogens (tertiary/aromatic N) is 2. The van der Waals surface area contributed by atoms with Gasteiger partial charge >= 0.3 is 0 Å². The van der Waals surface area contributed by atoms with Crippen molar-refractivity contribution in [2.75, 3.05) is 39.3 Å². The van der Waals surface area contributed by atoms with Gasteiger partial charge in [0.05, 0.1) is 32.1 Å². The number of methoxy groups -OCH3 is 2. The van der Waals surface area contributed by atoms with Crippen molar-refractivity contribution in [2.24, 2.45) is 0 Å². The highest BCUT2D eigenvalue weighted by atomic mass is 32.1. The highest BCUT2D eigenvalue weighted by Crippen LogP contribution is 2.40. The first-order valence-corrected chi connectivity index (χ1v) is 9.12. The molecule has 0 radical (unpaired) electrons. The number of likely N-dealkylation sites (N-methyl/N-ethyl adjacent to an activating group) is 1. The van der Waals surface area contributed by atoms with Gasteiger partial charge in [0.25, 0.3) is 11.8 Å². The number of benzene rings is 1.